The number of terminal acetylenes is 1. The Labute approximate surface area is 167 Å². The highest BCUT2D eigenvalue weighted by atomic mass is 16.6. The predicted octanol–water partition coefficient (Wildman–Crippen LogP) is 4.23. The highest BCUT2D eigenvalue weighted by molar-refractivity contribution is 4.82. The van der Waals surface area contributed by atoms with E-state index in [1.807, 2.05) is 0 Å². The van der Waals surface area contributed by atoms with E-state index < -0.39 is 0 Å². The Hall–Kier alpha value is -0.640. The zero-order chi connectivity index (χ0) is 19.7. The van der Waals surface area contributed by atoms with E-state index in [0.717, 1.165) is 13.0 Å². The Kier molecular flexibility index (Phi) is 24.8. The molecule has 0 amide bonds. The first-order chi connectivity index (χ1) is 13.4. The van der Waals surface area contributed by atoms with Crippen LogP contribution in [0.4, 0.5) is 0 Å². The minimum Gasteiger partial charge on any atom is -0.379 e. The van der Waals surface area contributed by atoms with Crippen LogP contribution in [0.3, 0.4) is 0 Å². The first-order valence-corrected chi connectivity index (χ1v) is 10.7. The molecule has 0 aromatic heterocycles. The van der Waals surface area contributed by atoms with Gasteiger partial charge in [-0.2, -0.15) is 0 Å². The molecular formula is C22H42O5. The van der Waals surface area contributed by atoms with Gasteiger partial charge < -0.3 is 23.7 Å². The molecule has 0 atom stereocenters. The van der Waals surface area contributed by atoms with Crippen molar-refractivity contribution in [3.63, 3.8) is 0 Å². The Morgan fingerprint density at radius 2 is 0.852 bits per heavy atom. The van der Waals surface area contributed by atoms with E-state index in [1.54, 1.807) is 0 Å². The van der Waals surface area contributed by atoms with Crippen molar-refractivity contribution in [2.45, 2.75) is 64.7 Å². The topological polar surface area (TPSA) is 46.2 Å². The number of rotatable bonds is 23. The number of unbranched alkanes of at least 4 members (excludes halogenated alkanes) is 8. The molecule has 160 valence electrons. The van der Waals surface area contributed by atoms with E-state index in [-0.39, 0.29) is 0 Å². The highest BCUT2D eigenvalue weighted by Gasteiger charge is 1.95. The molecule has 0 heterocycles. The van der Waals surface area contributed by atoms with Gasteiger partial charge in [0.1, 0.15) is 6.61 Å². The predicted molar refractivity (Wildman–Crippen MR) is 110 cm³/mol. The van der Waals surface area contributed by atoms with Crippen LogP contribution in [-0.4, -0.2) is 66.1 Å². The third kappa shape index (κ3) is 25.4. The van der Waals surface area contributed by atoms with Crippen molar-refractivity contribution in [1.29, 1.82) is 0 Å². The van der Waals surface area contributed by atoms with Gasteiger partial charge in [-0.25, -0.2) is 0 Å². The Bertz CT molecular complexity index is 304. The fourth-order valence-corrected chi connectivity index (χ4v) is 2.53. The van der Waals surface area contributed by atoms with Gasteiger partial charge in [0.25, 0.3) is 0 Å². The smallest absolute Gasteiger partial charge is 0.107 e. The minimum absolute atomic E-state index is 0.333. The van der Waals surface area contributed by atoms with Crippen molar-refractivity contribution in [3.05, 3.63) is 0 Å². The van der Waals surface area contributed by atoms with Crippen molar-refractivity contribution in [1.82, 2.24) is 0 Å². The lowest BCUT2D eigenvalue weighted by atomic mass is 10.1. The maximum absolute atomic E-state index is 5.58. The molecule has 0 radical (unpaired) electrons. The van der Waals surface area contributed by atoms with Crippen molar-refractivity contribution < 1.29 is 23.7 Å². The fourth-order valence-electron chi connectivity index (χ4n) is 2.53. The van der Waals surface area contributed by atoms with Crippen LogP contribution in [0.1, 0.15) is 64.7 Å². The Morgan fingerprint density at radius 1 is 0.481 bits per heavy atom. The van der Waals surface area contributed by atoms with Gasteiger partial charge in [-0.05, 0) is 6.42 Å². The summed E-state index contributed by atoms with van der Waals surface area (Å²) >= 11 is 0. The molecule has 27 heavy (non-hydrogen) atoms. The van der Waals surface area contributed by atoms with Gasteiger partial charge in [0, 0.05) is 6.61 Å². The van der Waals surface area contributed by atoms with E-state index in [2.05, 4.69) is 12.8 Å². The molecule has 0 aromatic rings. The number of hydrogen-bond donors (Lipinski definition) is 0. The van der Waals surface area contributed by atoms with Crippen LogP contribution < -0.4 is 0 Å². The van der Waals surface area contributed by atoms with Gasteiger partial charge in [-0.15, -0.1) is 6.42 Å². The third-order valence-corrected chi connectivity index (χ3v) is 4.07. The van der Waals surface area contributed by atoms with Gasteiger partial charge in [-0.1, -0.05) is 64.2 Å². The molecule has 0 aromatic carbocycles. The lowest BCUT2D eigenvalue weighted by molar-refractivity contribution is -0.00935. The van der Waals surface area contributed by atoms with E-state index in [4.69, 9.17) is 30.1 Å². The summed E-state index contributed by atoms with van der Waals surface area (Å²) in [5, 5.41) is 0. The van der Waals surface area contributed by atoms with Crippen molar-refractivity contribution in [2.75, 3.05) is 66.1 Å². The van der Waals surface area contributed by atoms with Crippen molar-refractivity contribution in [2.24, 2.45) is 0 Å². The lowest BCUT2D eigenvalue weighted by Crippen LogP contribution is -2.13. The number of ether oxygens (including phenoxy) is 5. The molecule has 0 fully saturated rings. The first kappa shape index (κ1) is 26.4. The largest absolute Gasteiger partial charge is 0.379 e. The second-order valence-corrected chi connectivity index (χ2v) is 6.53. The summed E-state index contributed by atoms with van der Waals surface area (Å²) in [4.78, 5) is 0. The maximum Gasteiger partial charge on any atom is 0.107 e. The van der Waals surface area contributed by atoms with Crippen LogP contribution in [0.2, 0.25) is 0 Å². The molecule has 0 aliphatic carbocycles. The van der Waals surface area contributed by atoms with Crippen molar-refractivity contribution in [3.8, 4) is 12.3 Å². The van der Waals surface area contributed by atoms with E-state index in [1.165, 1.54) is 51.4 Å². The standard InChI is InChI=1S/C22H42O5/c1-3-5-6-7-8-9-10-11-12-14-24-16-18-26-20-22-27-21-19-25-17-15-23-13-4-2/h2H,3,5-22H2,1H3. The minimum atomic E-state index is 0.333. The molecular weight excluding hydrogens is 344 g/mol. The highest BCUT2D eigenvalue weighted by Crippen LogP contribution is 2.09. The van der Waals surface area contributed by atoms with Gasteiger partial charge in [0.2, 0.25) is 0 Å². The van der Waals surface area contributed by atoms with Crippen LogP contribution in [0.5, 0.6) is 0 Å². The van der Waals surface area contributed by atoms with Crippen LogP contribution in [0.15, 0.2) is 0 Å². The molecule has 0 saturated carbocycles. The monoisotopic (exact) mass is 386 g/mol. The van der Waals surface area contributed by atoms with Gasteiger partial charge in [-0.3, -0.25) is 0 Å². The summed E-state index contributed by atoms with van der Waals surface area (Å²) in [5.41, 5.74) is 0. The lowest BCUT2D eigenvalue weighted by Gasteiger charge is -2.07. The molecule has 0 saturated heterocycles. The Morgan fingerprint density at radius 3 is 1.30 bits per heavy atom. The summed E-state index contributed by atoms with van der Waals surface area (Å²) in [7, 11) is 0. The molecule has 0 N–H and O–H groups in total. The van der Waals surface area contributed by atoms with E-state index in [9.17, 15) is 0 Å². The average Bonchev–Trinajstić information content (AvgIpc) is 2.68. The SMILES string of the molecule is C#CCOCCOCCOCCOCCOCCCCCCCCCCC. The van der Waals surface area contributed by atoms with Gasteiger partial charge in [0.05, 0.1) is 52.9 Å². The summed E-state index contributed by atoms with van der Waals surface area (Å²) in [6.07, 6.45) is 17.1. The number of hydrogen-bond acceptors (Lipinski definition) is 5. The van der Waals surface area contributed by atoms with Crippen LogP contribution in [-0.2, 0) is 23.7 Å². The fraction of sp³-hybridized carbons (Fsp3) is 0.909. The van der Waals surface area contributed by atoms with Gasteiger partial charge in [0.15, 0.2) is 0 Å². The zero-order valence-electron chi connectivity index (χ0n) is 17.6. The maximum atomic E-state index is 5.58. The quantitative estimate of drug-likeness (QED) is 0.194. The third-order valence-electron chi connectivity index (χ3n) is 4.07. The molecule has 0 aliphatic heterocycles. The molecule has 5 nitrogen and oxygen atoms in total. The molecule has 0 rings (SSSR count). The molecule has 0 spiro atoms. The summed E-state index contributed by atoms with van der Waals surface area (Å²) < 4.78 is 26.9. The molecule has 5 heteroatoms. The zero-order valence-corrected chi connectivity index (χ0v) is 17.6. The van der Waals surface area contributed by atoms with Crippen molar-refractivity contribution >= 4 is 0 Å². The summed E-state index contributed by atoms with van der Waals surface area (Å²) in [6.45, 7) is 8.08. The normalized spacial score (nSPS) is 11.0. The van der Waals surface area contributed by atoms with E-state index in [0.29, 0.717) is 59.5 Å². The molecule has 0 aliphatic rings. The van der Waals surface area contributed by atoms with Gasteiger partial charge >= 0.3 is 0 Å². The van der Waals surface area contributed by atoms with Crippen LogP contribution in [0.25, 0.3) is 0 Å². The summed E-state index contributed by atoms with van der Waals surface area (Å²) in [5.74, 6) is 2.41. The summed E-state index contributed by atoms with van der Waals surface area (Å²) in [6, 6.07) is 0. The second-order valence-electron chi connectivity index (χ2n) is 6.53. The van der Waals surface area contributed by atoms with Crippen LogP contribution >= 0.6 is 0 Å². The molecule has 0 bridgehead atoms. The van der Waals surface area contributed by atoms with Crippen LogP contribution in [0, 0.1) is 12.3 Å². The van der Waals surface area contributed by atoms with E-state index >= 15 is 0 Å². The average molecular weight is 387 g/mol. The Balaban J connectivity index is 2.96. The molecule has 0 unspecified atom stereocenters. The first-order valence-electron chi connectivity index (χ1n) is 10.7. The second kappa shape index (κ2) is 25.4.